The number of rotatable bonds is 4. The van der Waals surface area contributed by atoms with Crippen LogP contribution in [0.5, 0.6) is 5.75 Å². The summed E-state index contributed by atoms with van der Waals surface area (Å²) in [6.07, 6.45) is 3.53. The topological polar surface area (TPSA) is 63.9 Å². The number of hydrogen-bond donors (Lipinski definition) is 2. The Balaban J connectivity index is 1.65. The van der Waals surface area contributed by atoms with E-state index in [0.29, 0.717) is 6.61 Å². The first-order valence-electron chi connectivity index (χ1n) is 6.38. The standard InChI is InChI=1S/C16H15N3O/c17-14-5-1-12(2-6-14)10-20-15-7-3-13(4-8-15)16-9-18-11-19-16/h1-9,11H,10,17H2,(H,18,19). The van der Waals surface area contributed by atoms with E-state index in [1.807, 2.05) is 54.7 Å². The second kappa shape index (κ2) is 5.48. The van der Waals surface area contributed by atoms with E-state index < -0.39 is 0 Å². The second-order valence-electron chi connectivity index (χ2n) is 4.51. The summed E-state index contributed by atoms with van der Waals surface area (Å²) in [7, 11) is 0. The summed E-state index contributed by atoms with van der Waals surface area (Å²) < 4.78 is 5.74. The predicted octanol–water partition coefficient (Wildman–Crippen LogP) is 3.24. The van der Waals surface area contributed by atoms with Crippen LogP contribution in [-0.4, -0.2) is 9.97 Å². The van der Waals surface area contributed by atoms with Gasteiger partial charge in [0.25, 0.3) is 0 Å². The van der Waals surface area contributed by atoms with Gasteiger partial charge in [-0.1, -0.05) is 12.1 Å². The third-order valence-electron chi connectivity index (χ3n) is 3.03. The van der Waals surface area contributed by atoms with Crippen molar-refractivity contribution in [1.29, 1.82) is 0 Å². The highest BCUT2D eigenvalue weighted by molar-refractivity contribution is 5.58. The van der Waals surface area contributed by atoms with E-state index >= 15 is 0 Å². The monoisotopic (exact) mass is 265 g/mol. The highest BCUT2D eigenvalue weighted by atomic mass is 16.5. The second-order valence-corrected chi connectivity index (χ2v) is 4.51. The number of nitrogen functional groups attached to an aromatic ring is 1. The van der Waals surface area contributed by atoms with Crippen LogP contribution < -0.4 is 10.5 Å². The predicted molar refractivity (Wildman–Crippen MR) is 79.2 cm³/mol. The maximum Gasteiger partial charge on any atom is 0.119 e. The fraction of sp³-hybridized carbons (Fsp3) is 0.0625. The average molecular weight is 265 g/mol. The van der Waals surface area contributed by atoms with Crippen molar-refractivity contribution < 1.29 is 4.74 Å². The summed E-state index contributed by atoms with van der Waals surface area (Å²) >= 11 is 0. The lowest BCUT2D eigenvalue weighted by molar-refractivity contribution is 0.306. The molecule has 4 heteroatoms. The molecule has 0 fully saturated rings. The van der Waals surface area contributed by atoms with Crippen LogP contribution in [0.25, 0.3) is 11.3 Å². The molecule has 0 bridgehead atoms. The van der Waals surface area contributed by atoms with Crippen molar-refractivity contribution in [2.75, 3.05) is 5.73 Å². The Labute approximate surface area is 117 Å². The number of hydrogen-bond acceptors (Lipinski definition) is 3. The zero-order valence-electron chi connectivity index (χ0n) is 10.9. The Morgan fingerprint density at radius 2 is 1.75 bits per heavy atom. The molecule has 1 aromatic heterocycles. The summed E-state index contributed by atoms with van der Waals surface area (Å²) in [5.74, 6) is 0.834. The normalized spacial score (nSPS) is 10.4. The van der Waals surface area contributed by atoms with Gasteiger partial charge in [0.1, 0.15) is 12.4 Å². The lowest BCUT2D eigenvalue weighted by atomic mass is 10.1. The van der Waals surface area contributed by atoms with Crippen molar-refractivity contribution in [1.82, 2.24) is 9.97 Å². The summed E-state index contributed by atoms with van der Waals surface area (Å²) in [4.78, 5) is 7.15. The van der Waals surface area contributed by atoms with E-state index in [1.165, 1.54) is 0 Å². The van der Waals surface area contributed by atoms with Crippen molar-refractivity contribution in [3.05, 3.63) is 66.6 Å². The summed E-state index contributed by atoms with van der Waals surface area (Å²) in [5, 5.41) is 0. The van der Waals surface area contributed by atoms with Crippen molar-refractivity contribution in [2.24, 2.45) is 0 Å². The van der Waals surface area contributed by atoms with E-state index in [-0.39, 0.29) is 0 Å². The maximum atomic E-state index is 5.74. The lowest BCUT2D eigenvalue weighted by Crippen LogP contribution is -1.95. The molecule has 0 aliphatic heterocycles. The Kier molecular flexibility index (Phi) is 3.37. The molecule has 0 saturated heterocycles. The third-order valence-corrected chi connectivity index (χ3v) is 3.03. The molecule has 0 amide bonds. The molecule has 0 aliphatic rings. The molecule has 0 radical (unpaired) electrons. The fourth-order valence-electron chi connectivity index (χ4n) is 1.92. The van der Waals surface area contributed by atoms with Gasteiger partial charge < -0.3 is 15.5 Å². The Morgan fingerprint density at radius 1 is 1.00 bits per heavy atom. The Morgan fingerprint density at radius 3 is 2.40 bits per heavy atom. The fourth-order valence-corrected chi connectivity index (χ4v) is 1.92. The molecule has 3 aromatic rings. The highest BCUT2D eigenvalue weighted by Crippen LogP contribution is 2.20. The van der Waals surface area contributed by atoms with Gasteiger partial charge in [-0.15, -0.1) is 0 Å². The molecule has 100 valence electrons. The van der Waals surface area contributed by atoms with Crippen LogP contribution in [0.2, 0.25) is 0 Å². The lowest BCUT2D eigenvalue weighted by Gasteiger charge is -2.07. The van der Waals surface area contributed by atoms with Crippen molar-refractivity contribution in [2.45, 2.75) is 6.61 Å². The molecular weight excluding hydrogens is 250 g/mol. The molecule has 3 rings (SSSR count). The molecule has 0 spiro atoms. The van der Waals surface area contributed by atoms with Gasteiger partial charge in [-0.05, 0) is 42.0 Å². The minimum absolute atomic E-state index is 0.530. The number of imidazole rings is 1. The molecule has 1 heterocycles. The van der Waals surface area contributed by atoms with Gasteiger partial charge in [-0.2, -0.15) is 0 Å². The molecule has 2 aromatic carbocycles. The van der Waals surface area contributed by atoms with Crippen LogP contribution in [0, 0.1) is 0 Å². The number of H-pyrrole nitrogens is 1. The van der Waals surface area contributed by atoms with Crippen LogP contribution >= 0.6 is 0 Å². The number of anilines is 1. The first kappa shape index (κ1) is 12.3. The van der Waals surface area contributed by atoms with Gasteiger partial charge in [-0.25, -0.2) is 4.98 Å². The van der Waals surface area contributed by atoms with Crippen LogP contribution in [0.3, 0.4) is 0 Å². The number of aromatic nitrogens is 2. The van der Waals surface area contributed by atoms with Crippen LogP contribution in [0.4, 0.5) is 5.69 Å². The van der Waals surface area contributed by atoms with Crippen LogP contribution in [0.15, 0.2) is 61.1 Å². The van der Waals surface area contributed by atoms with Gasteiger partial charge in [0.15, 0.2) is 0 Å². The zero-order chi connectivity index (χ0) is 13.8. The van der Waals surface area contributed by atoms with Crippen LogP contribution in [-0.2, 0) is 6.61 Å². The van der Waals surface area contributed by atoms with E-state index in [2.05, 4.69) is 9.97 Å². The van der Waals surface area contributed by atoms with E-state index in [4.69, 9.17) is 10.5 Å². The molecule has 0 saturated carbocycles. The van der Waals surface area contributed by atoms with E-state index in [9.17, 15) is 0 Å². The Hall–Kier alpha value is -2.75. The number of ether oxygens (including phenoxy) is 1. The molecule has 4 nitrogen and oxygen atoms in total. The molecule has 0 unspecified atom stereocenters. The van der Waals surface area contributed by atoms with Crippen molar-refractivity contribution in [3.63, 3.8) is 0 Å². The molecule has 0 aliphatic carbocycles. The largest absolute Gasteiger partial charge is 0.489 e. The molecule has 3 N–H and O–H groups in total. The zero-order valence-corrected chi connectivity index (χ0v) is 10.9. The molecule has 20 heavy (non-hydrogen) atoms. The van der Waals surface area contributed by atoms with Crippen molar-refractivity contribution >= 4 is 5.69 Å². The first-order chi connectivity index (χ1) is 9.81. The smallest absolute Gasteiger partial charge is 0.119 e. The van der Waals surface area contributed by atoms with Gasteiger partial charge in [0.05, 0.1) is 12.0 Å². The quantitative estimate of drug-likeness (QED) is 0.712. The average Bonchev–Trinajstić information content (AvgIpc) is 3.01. The van der Waals surface area contributed by atoms with Gasteiger partial charge in [-0.3, -0.25) is 0 Å². The van der Waals surface area contributed by atoms with E-state index in [1.54, 1.807) is 6.33 Å². The molecular formula is C16H15N3O. The SMILES string of the molecule is Nc1ccc(COc2ccc(-c3c[nH]cn3)cc2)cc1. The number of nitrogens with zero attached hydrogens (tertiary/aromatic N) is 1. The number of aromatic amines is 1. The van der Waals surface area contributed by atoms with Gasteiger partial charge >= 0.3 is 0 Å². The number of nitrogens with one attached hydrogen (secondary N) is 1. The summed E-state index contributed by atoms with van der Waals surface area (Å²) in [5.41, 5.74) is 9.49. The van der Waals surface area contributed by atoms with E-state index in [0.717, 1.165) is 28.3 Å². The molecule has 0 atom stereocenters. The summed E-state index contributed by atoms with van der Waals surface area (Å²) in [6.45, 7) is 0.530. The Bertz CT molecular complexity index is 658. The van der Waals surface area contributed by atoms with Crippen molar-refractivity contribution in [3.8, 4) is 17.0 Å². The minimum Gasteiger partial charge on any atom is -0.489 e. The van der Waals surface area contributed by atoms with Gasteiger partial charge in [0, 0.05) is 17.4 Å². The van der Waals surface area contributed by atoms with Crippen LogP contribution in [0.1, 0.15) is 5.56 Å². The van der Waals surface area contributed by atoms with Gasteiger partial charge in [0.2, 0.25) is 0 Å². The highest BCUT2D eigenvalue weighted by Gasteiger charge is 2.00. The first-order valence-corrected chi connectivity index (χ1v) is 6.38. The number of nitrogens with two attached hydrogens (primary N) is 1. The minimum atomic E-state index is 0.530. The maximum absolute atomic E-state index is 5.74. The third kappa shape index (κ3) is 2.80. The summed E-state index contributed by atoms with van der Waals surface area (Å²) in [6, 6.07) is 15.6. The number of benzene rings is 2.